The van der Waals surface area contributed by atoms with Crippen LogP contribution in [-0.2, 0) is 9.53 Å². The zero-order valence-corrected chi connectivity index (χ0v) is 17.7. The summed E-state index contributed by atoms with van der Waals surface area (Å²) in [5, 5.41) is 5.57. The molecule has 2 aromatic carbocycles. The molecular formula is C23H28N2O5. The molecule has 7 nitrogen and oxygen atoms in total. The Morgan fingerprint density at radius 2 is 1.60 bits per heavy atom. The maximum absolute atomic E-state index is 12.8. The molecule has 0 aliphatic heterocycles. The van der Waals surface area contributed by atoms with Crippen LogP contribution in [0.2, 0.25) is 0 Å². The van der Waals surface area contributed by atoms with Crippen LogP contribution in [0, 0.1) is 5.92 Å². The minimum atomic E-state index is -0.753. The summed E-state index contributed by atoms with van der Waals surface area (Å²) in [6.07, 6.45) is 0. The highest BCUT2D eigenvalue weighted by Crippen LogP contribution is 2.19. The topological polar surface area (TPSA) is 93.7 Å². The van der Waals surface area contributed by atoms with E-state index in [0.29, 0.717) is 35.8 Å². The molecule has 0 bridgehead atoms. The smallest absolute Gasteiger partial charge is 0.338 e. The zero-order valence-electron chi connectivity index (χ0n) is 17.7. The second-order valence-electron chi connectivity index (χ2n) is 6.91. The van der Waals surface area contributed by atoms with Crippen molar-refractivity contribution in [2.75, 3.05) is 18.5 Å². The van der Waals surface area contributed by atoms with Gasteiger partial charge in [-0.25, -0.2) is 4.79 Å². The van der Waals surface area contributed by atoms with Crippen LogP contribution in [0.1, 0.15) is 48.4 Å². The van der Waals surface area contributed by atoms with Crippen molar-refractivity contribution in [1.82, 2.24) is 5.32 Å². The number of nitrogens with one attached hydrogen (secondary N) is 2. The first-order valence-electron chi connectivity index (χ1n) is 9.98. The van der Waals surface area contributed by atoms with Gasteiger partial charge >= 0.3 is 5.97 Å². The van der Waals surface area contributed by atoms with Gasteiger partial charge in [0, 0.05) is 5.69 Å². The number of amides is 2. The molecule has 0 aliphatic carbocycles. The van der Waals surface area contributed by atoms with E-state index in [1.807, 2.05) is 20.8 Å². The van der Waals surface area contributed by atoms with E-state index >= 15 is 0 Å². The number of anilines is 1. The summed E-state index contributed by atoms with van der Waals surface area (Å²) in [5.41, 5.74) is 1.29. The largest absolute Gasteiger partial charge is 0.493 e. The lowest BCUT2D eigenvalue weighted by atomic mass is 10.0. The fraction of sp³-hybridized carbons (Fsp3) is 0.348. The Morgan fingerprint density at radius 1 is 0.933 bits per heavy atom. The third-order valence-corrected chi connectivity index (χ3v) is 4.33. The van der Waals surface area contributed by atoms with Crippen molar-refractivity contribution in [3.05, 3.63) is 59.7 Å². The highest BCUT2D eigenvalue weighted by molar-refractivity contribution is 6.02. The molecule has 0 spiro atoms. The molecule has 2 N–H and O–H groups in total. The molecule has 1 unspecified atom stereocenters. The van der Waals surface area contributed by atoms with E-state index in [1.165, 1.54) is 0 Å². The minimum absolute atomic E-state index is 0.146. The van der Waals surface area contributed by atoms with Gasteiger partial charge in [0.15, 0.2) is 0 Å². The second-order valence-corrected chi connectivity index (χ2v) is 6.91. The van der Waals surface area contributed by atoms with E-state index in [9.17, 15) is 14.4 Å². The van der Waals surface area contributed by atoms with Crippen LogP contribution >= 0.6 is 0 Å². The summed E-state index contributed by atoms with van der Waals surface area (Å²) < 4.78 is 10.5. The lowest BCUT2D eigenvalue weighted by molar-refractivity contribution is -0.118. The molecule has 0 fully saturated rings. The molecule has 160 valence electrons. The highest BCUT2D eigenvalue weighted by Gasteiger charge is 2.26. The van der Waals surface area contributed by atoms with Gasteiger partial charge in [0.05, 0.1) is 24.3 Å². The molecule has 2 aromatic rings. The fourth-order valence-electron chi connectivity index (χ4n) is 2.81. The summed E-state index contributed by atoms with van der Waals surface area (Å²) in [5.74, 6) is -0.834. The highest BCUT2D eigenvalue weighted by atomic mass is 16.5. The van der Waals surface area contributed by atoms with E-state index in [-0.39, 0.29) is 17.7 Å². The first-order chi connectivity index (χ1) is 14.4. The molecule has 7 heteroatoms. The Bertz CT molecular complexity index is 877. The number of hydrogen-bond acceptors (Lipinski definition) is 5. The molecule has 1 atom stereocenters. The zero-order chi connectivity index (χ0) is 22.1. The van der Waals surface area contributed by atoms with Crippen LogP contribution in [0.15, 0.2) is 48.5 Å². The summed E-state index contributed by atoms with van der Waals surface area (Å²) in [7, 11) is 0. The van der Waals surface area contributed by atoms with Crippen LogP contribution in [0.25, 0.3) is 0 Å². The lowest BCUT2D eigenvalue weighted by Gasteiger charge is -2.22. The van der Waals surface area contributed by atoms with Crippen molar-refractivity contribution < 1.29 is 23.9 Å². The average Bonchev–Trinajstić information content (AvgIpc) is 2.73. The van der Waals surface area contributed by atoms with Crippen molar-refractivity contribution >= 4 is 23.5 Å². The van der Waals surface area contributed by atoms with Gasteiger partial charge in [0.25, 0.3) is 5.91 Å². The van der Waals surface area contributed by atoms with Gasteiger partial charge in [0.2, 0.25) is 5.91 Å². The monoisotopic (exact) mass is 412 g/mol. The Labute approximate surface area is 176 Å². The van der Waals surface area contributed by atoms with Crippen LogP contribution in [-0.4, -0.2) is 37.0 Å². The SMILES string of the molecule is CCOC(=O)c1ccc(NC(=O)C(NC(=O)c2ccccc2OCC)C(C)C)cc1. The molecule has 0 heterocycles. The van der Waals surface area contributed by atoms with Gasteiger partial charge in [-0.15, -0.1) is 0 Å². The van der Waals surface area contributed by atoms with Gasteiger partial charge in [0.1, 0.15) is 11.8 Å². The predicted octanol–water partition coefficient (Wildman–Crippen LogP) is 3.66. The lowest BCUT2D eigenvalue weighted by Crippen LogP contribution is -2.47. The first-order valence-corrected chi connectivity index (χ1v) is 9.98. The Hall–Kier alpha value is -3.35. The third kappa shape index (κ3) is 6.07. The minimum Gasteiger partial charge on any atom is -0.493 e. The Balaban J connectivity index is 2.10. The normalized spacial score (nSPS) is 11.5. The van der Waals surface area contributed by atoms with Crippen molar-refractivity contribution in [2.45, 2.75) is 33.7 Å². The summed E-state index contributed by atoms with van der Waals surface area (Å²) >= 11 is 0. The number of carbonyl (C=O) groups is 3. The number of ether oxygens (including phenoxy) is 2. The number of hydrogen-bond donors (Lipinski definition) is 2. The molecule has 0 saturated carbocycles. The van der Waals surface area contributed by atoms with E-state index in [0.717, 1.165) is 0 Å². The van der Waals surface area contributed by atoms with Crippen LogP contribution in [0.3, 0.4) is 0 Å². The van der Waals surface area contributed by atoms with Gasteiger partial charge < -0.3 is 20.1 Å². The Kier molecular flexibility index (Phi) is 8.41. The Morgan fingerprint density at radius 3 is 2.20 bits per heavy atom. The molecule has 0 aliphatic rings. The van der Waals surface area contributed by atoms with Crippen molar-refractivity contribution in [3.8, 4) is 5.75 Å². The molecule has 2 rings (SSSR count). The number of esters is 1. The standard InChI is InChI=1S/C23H28N2O5/c1-5-29-19-10-8-7-9-18(19)21(26)25-20(15(3)4)22(27)24-17-13-11-16(12-14-17)23(28)30-6-2/h7-15,20H,5-6H2,1-4H3,(H,24,27)(H,25,26). The van der Waals surface area contributed by atoms with E-state index < -0.39 is 12.0 Å². The first kappa shape index (κ1) is 22.9. The van der Waals surface area contributed by atoms with Crippen LogP contribution in [0.5, 0.6) is 5.75 Å². The third-order valence-electron chi connectivity index (χ3n) is 4.33. The number of para-hydroxylation sites is 1. The predicted molar refractivity (Wildman–Crippen MR) is 115 cm³/mol. The number of rotatable bonds is 9. The van der Waals surface area contributed by atoms with E-state index in [1.54, 1.807) is 55.5 Å². The number of carbonyl (C=O) groups excluding carboxylic acids is 3. The van der Waals surface area contributed by atoms with Crippen LogP contribution in [0.4, 0.5) is 5.69 Å². The second kappa shape index (κ2) is 11.0. The van der Waals surface area contributed by atoms with E-state index in [4.69, 9.17) is 9.47 Å². The molecule has 0 saturated heterocycles. The van der Waals surface area contributed by atoms with Crippen molar-refractivity contribution in [1.29, 1.82) is 0 Å². The number of benzene rings is 2. The summed E-state index contributed by atoms with van der Waals surface area (Å²) in [6.45, 7) is 8.00. The fourth-order valence-corrected chi connectivity index (χ4v) is 2.81. The molecule has 30 heavy (non-hydrogen) atoms. The molecule has 0 aromatic heterocycles. The van der Waals surface area contributed by atoms with E-state index in [2.05, 4.69) is 10.6 Å². The molecular weight excluding hydrogens is 384 g/mol. The van der Waals surface area contributed by atoms with Gasteiger partial charge in [-0.05, 0) is 56.2 Å². The maximum Gasteiger partial charge on any atom is 0.338 e. The van der Waals surface area contributed by atoms with Crippen molar-refractivity contribution in [3.63, 3.8) is 0 Å². The van der Waals surface area contributed by atoms with Gasteiger partial charge in [-0.1, -0.05) is 26.0 Å². The molecule has 2 amide bonds. The van der Waals surface area contributed by atoms with Crippen LogP contribution < -0.4 is 15.4 Å². The van der Waals surface area contributed by atoms with Crippen molar-refractivity contribution in [2.24, 2.45) is 5.92 Å². The summed E-state index contributed by atoms with van der Waals surface area (Å²) in [4.78, 5) is 37.3. The summed E-state index contributed by atoms with van der Waals surface area (Å²) in [6, 6.07) is 12.5. The average molecular weight is 412 g/mol. The maximum atomic E-state index is 12.8. The van der Waals surface area contributed by atoms with Gasteiger partial charge in [-0.3, -0.25) is 9.59 Å². The molecule has 0 radical (unpaired) electrons. The van der Waals surface area contributed by atoms with Gasteiger partial charge in [-0.2, -0.15) is 0 Å². The quantitative estimate of drug-likeness (QED) is 0.613.